The molecule has 0 radical (unpaired) electrons. The van der Waals surface area contributed by atoms with Gasteiger partial charge < -0.3 is 10.6 Å². The molecule has 0 bridgehead atoms. The zero-order valence-corrected chi connectivity index (χ0v) is 14.2. The number of nitrogens with zero attached hydrogens (tertiary/aromatic N) is 3. The minimum absolute atomic E-state index is 0.0942. The van der Waals surface area contributed by atoms with Crippen molar-refractivity contribution < 1.29 is 4.79 Å². The Morgan fingerprint density at radius 3 is 2.54 bits per heavy atom. The number of hydrogen-bond acceptors (Lipinski definition) is 4. The summed E-state index contributed by atoms with van der Waals surface area (Å²) in [5.41, 5.74) is 3.58. The van der Waals surface area contributed by atoms with E-state index in [1.165, 1.54) is 0 Å². The Bertz CT molecular complexity index is 895. The topological polar surface area (TPSA) is 82.7 Å². The third kappa shape index (κ3) is 4.71. The number of amides is 1. The molecule has 2 N–H and O–H groups in total. The van der Waals surface area contributed by atoms with Gasteiger partial charge in [-0.25, -0.2) is 0 Å². The van der Waals surface area contributed by atoms with Crippen LogP contribution < -0.4 is 10.6 Å². The Balaban J connectivity index is 1.52. The molecule has 1 heterocycles. The summed E-state index contributed by atoms with van der Waals surface area (Å²) in [6, 6.07) is 18.9. The number of carbonyl (C=O) groups excluding carboxylic acids is 1. The third-order valence-electron chi connectivity index (χ3n) is 3.95. The molecule has 130 valence electrons. The van der Waals surface area contributed by atoms with Crippen molar-refractivity contribution >= 4 is 11.6 Å². The second-order valence-electron chi connectivity index (χ2n) is 5.79. The summed E-state index contributed by atoms with van der Waals surface area (Å²) >= 11 is 0. The first-order chi connectivity index (χ1) is 12.7. The van der Waals surface area contributed by atoms with Crippen LogP contribution in [-0.4, -0.2) is 22.2 Å². The molecule has 6 heteroatoms. The zero-order valence-electron chi connectivity index (χ0n) is 14.2. The van der Waals surface area contributed by atoms with E-state index >= 15 is 0 Å². The van der Waals surface area contributed by atoms with Gasteiger partial charge in [-0.1, -0.05) is 24.3 Å². The summed E-state index contributed by atoms with van der Waals surface area (Å²) in [5.74, 6) is -0.0942. The van der Waals surface area contributed by atoms with E-state index in [9.17, 15) is 4.79 Å². The van der Waals surface area contributed by atoms with Crippen LogP contribution >= 0.6 is 0 Å². The van der Waals surface area contributed by atoms with Crippen LogP contribution in [0.2, 0.25) is 0 Å². The van der Waals surface area contributed by atoms with E-state index in [-0.39, 0.29) is 12.5 Å². The molecule has 3 aromatic rings. The fourth-order valence-electron chi connectivity index (χ4n) is 2.55. The van der Waals surface area contributed by atoms with Gasteiger partial charge in [-0.05, 0) is 41.5 Å². The Morgan fingerprint density at radius 1 is 1.08 bits per heavy atom. The molecular weight excluding hydrogens is 326 g/mol. The number of nitriles is 1. The molecule has 0 unspecified atom stereocenters. The molecule has 0 saturated heterocycles. The predicted octanol–water partition coefficient (Wildman–Crippen LogP) is 2.53. The van der Waals surface area contributed by atoms with Crippen molar-refractivity contribution in [3.05, 3.63) is 83.7 Å². The van der Waals surface area contributed by atoms with Crippen LogP contribution in [-0.2, 0) is 17.9 Å². The highest BCUT2D eigenvalue weighted by atomic mass is 16.1. The average molecular weight is 345 g/mol. The maximum atomic E-state index is 12.1. The first-order valence-electron chi connectivity index (χ1n) is 8.29. The lowest BCUT2D eigenvalue weighted by molar-refractivity contribution is -0.119. The number of rotatable bonds is 7. The Labute approximate surface area is 152 Å². The highest BCUT2D eigenvalue weighted by Crippen LogP contribution is 2.11. The van der Waals surface area contributed by atoms with Gasteiger partial charge in [0.2, 0.25) is 5.91 Å². The Kier molecular flexibility index (Phi) is 5.63. The lowest BCUT2D eigenvalue weighted by Gasteiger charge is -2.12. The van der Waals surface area contributed by atoms with Crippen LogP contribution in [0.5, 0.6) is 0 Å². The molecule has 1 amide bonds. The van der Waals surface area contributed by atoms with E-state index in [2.05, 4.69) is 21.8 Å². The minimum atomic E-state index is -0.0942. The van der Waals surface area contributed by atoms with Crippen LogP contribution in [0.25, 0.3) is 0 Å². The minimum Gasteiger partial charge on any atom is -0.376 e. The molecule has 0 aliphatic carbocycles. The average Bonchev–Trinajstić information content (AvgIpc) is 3.19. The maximum Gasteiger partial charge on any atom is 0.239 e. The van der Waals surface area contributed by atoms with Crippen molar-refractivity contribution in [2.24, 2.45) is 0 Å². The summed E-state index contributed by atoms with van der Waals surface area (Å²) in [4.78, 5) is 12.1. The monoisotopic (exact) mass is 345 g/mol. The van der Waals surface area contributed by atoms with E-state index in [1.54, 1.807) is 30.5 Å². The van der Waals surface area contributed by atoms with Gasteiger partial charge in [0.25, 0.3) is 0 Å². The van der Waals surface area contributed by atoms with Gasteiger partial charge in [0.05, 0.1) is 24.7 Å². The van der Waals surface area contributed by atoms with Crippen molar-refractivity contribution in [2.45, 2.75) is 13.1 Å². The highest BCUT2D eigenvalue weighted by molar-refractivity contribution is 5.80. The predicted molar refractivity (Wildman–Crippen MR) is 99.3 cm³/mol. The van der Waals surface area contributed by atoms with Gasteiger partial charge in [0.15, 0.2) is 0 Å². The normalized spacial score (nSPS) is 10.1. The molecule has 0 aliphatic rings. The van der Waals surface area contributed by atoms with Crippen molar-refractivity contribution in [2.75, 3.05) is 11.9 Å². The van der Waals surface area contributed by atoms with Crippen LogP contribution in [0, 0.1) is 11.3 Å². The number of aromatic nitrogens is 2. The van der Waals surface area contributed by atoms with Crippen molar-refractivity contribution in [3.63, 3.8) is 0 Å². The fourth-order valence-corrected chi connectivity index (χ4v) is 2.55. The second-order valence-corrected chi connectivity index (χ2v) is 5.79. The SMILES string of the molecule is N#Cc1ccc(NCC(=O)NCc2ccccc2Cn2cccn2)cc1. The van der Waals surface area contributed by atoms with Crippen molar-refractivity contribution in [3.8, 4) is 6.07 Å². The number of benzene rings is 2. The van der Waals surface area contributed by atoms with E-state index in [0.29, 0.717) is 18.7 Å². The fraction of sp³-hybridized carbons (Fsp3) is 0.150. The molecule has 0 atom stereocenters. The lowest BCUT2D eigenvalue weighted by atomic mass is 10.1. The lowest BCUT2D eigenvalue weighted by Crippen LogP contribution is -2.29. The molecular formula is C20H19N5O. The van der Waals surface area contributed by atoms with Crippen molar-refractivity contribution in [1.82, 2.24) is 15.1 Å². The number of hydrogen-bond donors (Lipinski definition) is 2. The molecule has 0 saturated carbocycles. The Morgan fingerprint density at radius 2 is 1.85 bits per heavy atom. The number of nitrogens with one attached hydrogen (secondary N) is 2. The van der Waals surface area contributed by atoms with E-state index < -0.39 is 0 Å². The highest BCUT2D eigenvalue weighted by Gasteiger charge is 2.06. The van der Waals surface area contributed by atoms with E-state index in [0.717, 1.165) is 16.8 Å². The van der Waals surface area contributed by atoms with E-state index in [1.807, 2.05) is 41.2 Å². The van der Waals surface area contributed by atoms with Gasteiger partial charge in [-0.3, -0.25) is 9.48 Å². The Hall–Kier alpha value is -3.59. The van der Waals surface area contributed by atoms with Crippen molar-refractivity contribution in [1.29, 1.82) is 5.26 Å². The largest absolute Gasteiger partial charge is 0.376 e. The van der Waals surface area contributed by atoms with Gasteiger partial charge in [0.1, 0.15) is 0 Å². The summed E-state index contributed by atoms with van der Waals surface area (Å²) in [7, 11) is 0. The van der Waals surface area contributed by atoms with Crippen LogP contribution in [0.3, 0.4) is 0 Å². The summed E-state index contributed by atoms with van der Waals surface area (Å²) in [6.45, 7) is 1.31. The maximum absolute atomic E-state index is 12.1. The van der Waals surface area contributed by atoms with Crippen LogP contribution in [0.1, 0.15) is 16.7 Å². The van der Waals surface area contributed by atoms with Crippen LogP contribution in [0.4, 0.5) is 5.69 Å². The van der Waals surface area contributed by atoms with Gasteiger partial charge in [-0.2, -0.15) is 10.4 Å². The van der Waals surface area contributed by atoms with Gasteiger partial charge in [-0.15, -0.1) is 0 Å². The molecule has 0 spiro atoms. The smallest absolute Gasteiger partial charge is 0.239 e. The number of anilines is 1. The standard InChI is InChI=1S/C20H19N5O/c21-12-16-6-8-19(9-7-16)22-14-20(26)23-13-17-4-1-2-5-18(17)15-25-11-3-10-24-25/h1-11,22H,13-15H2,(H,23,26). The van der Waals surface area contributed by atoms with Gasteiger partial charge in [0, 0.05) is 24.6 Å². The van der Waals surface area contributed by atoms with Crippen LogP contribution in [0.15, 0.2) is 67.0 Å². The summed E-state index contributed by atoms with van der Waals surface area (Å²) in [6.07, 6.45) is 3.66. The zero-order chi connectivity index (χ0) is 18.2. The number of carbonyl (C=O) groups is 1. The van der Waals surface area contributed by atoms with E-state index in [4.69, 9.17) is 5.26 Å². The molecule has 2 aromatic carbocycles. The molecule has 6 nitrogen and oxygen atoms in total. The summed E-state index contributed by atoms with van der Waals surface area (Å²) in [5, 5.41) is 19.0. The second kappa shape index (κ2) is 8.49. The molecule has 1 aromatic heterocycles. The molecule has 26 heavy (non-hydrogen) atoms. The quantitative estimate of drug-likeness (QED) is 0.689. The summed E-state index contributed by atoms with van der Waals surface area (Å²) < 4.78 is 1.85. The first-order valence-corrected chi connectivity index (χ1v) is 8.29. The molecule has 3 rings (SSSR count). The molecule has 0 fully saturated rings. The third-order valence-corrected chi connectivity index (χ3v) is 3.95. The first kappa shape index (κ1) is 17.2. The molecule has 0 aliphatic heterocycles. The van der Waals surface area contributed by atoms with Gasteiger partial charge >= 0.3 is 0 Å².